The Morgan fingerprint density at radius 3 is 1.66 bits per heavy atom. The lowest BCUT2D eigenvalue weighted by molar-refractivity contribution is -0.150. The molecule has 0 aromatic carbocycles. The van der Waals surface area contributed by atoms with Crippen LogP contribution in [0.2, 0.25) is 0 Å². The maximum Gasteiger partial charge on any atom is 0.306 e. The topological polar surface area (TPSA) is 63.6 Å². The first-order valence-corrected chi connectivity index (χ1v) is 15.2. The summed E-state index contributed by atoms with van der Waals surface area (Å²) in [5.41, 5.74) is 0. The van der Waals surface area contributed by atoms with E-state index in [1.54, 1.807) is 0 Å². The molecule has 206 valence electrons. The van der Waals surface area contributed by atoms with Gasteiger partial charge in [-0.05, 0) is 57.8 Å². The molecule has 0 amide bonds. The number of carbonyl (C=O) groups excluding carboxylic acids is 1. The summed E-state index contributed by atoms with van der Waals surface area (Å²) in [5, 5.41) is 8.81. The smallest absolute Gasteiger partial charge is 0.306 e. The van der Waals surface area contributed by atoms with Gasteiger partial charge < -0.3 is 9.84 Å². The second kappa shape index (κ2) is 27.3. The molecule has 4 nitrogen and oxygen atoms in total. The SMILES string of the molecule is CCCC/C=C\CCCCCCCC(=O)OC(CCCCCCCCCC)CCCCCC(=O)O. The van der Waals surface area contributed by atoms with Crippen molar-refractivity contribution in [3.05, 3.63) is 12.2 Å². The van der Waals surface area contributed by atoms with E-state index in [-0.39, 0.29) is 18.5 Å². The van der Waals surface area contributed by atoms with Gasteiger partial charge in [0, 0.05) is 12.8 Å². The number of hydrogen-bond donors (Lipinski definition) is 1. The number of esters is 1. The molecule has 4 heteroatoms. The third-order valence-corrected chi connectivity index (χ3v) is 6.74. The van der Waals surface area contributed by atoms with Gasteiger partial charge in [-0.25, -0.2) is 0 Å². The number of allylic oxidation sites excluding steroid dienone is 2. The van der Waals surface area contributed by atoms with E-state index >= 15 is 0 Å². The summed E-state index contributed by atoms with van der Waals surface area (Å²) in [6.45, 7) is 4.48. The number of carboxylic acids is 1. The van der Waals surface area contributed by atoms with Gasteiger partial charge in [0.2, 0.25) is 0 Å². The second-order valence-electron chi connectivity index (χ2n) is 10.3. The number of aliphatic carboxylic acids is 1. The molecule has 0 bridgehead atoms. The zero-order chi connectivity index (χ0) is 25.8. The predicted molar refractivity (Wildman–Crippen MR) is 149 cm³/mol. The minimum atomic E-state index is -0.727. The van der Waals surface area contributed by atoms with Crippen molar-refractivity contribution < 1.29 is 19.4 Å². The molecule has 0 aliphatic rings. The maximum absolute atomic E-state index is 12.4. The van der Waals surface area contributed by atoms with E-state index in [0.29, 0.717) is 12.8 Å². The highest BCUT2D eigenvalue weighted by Gasteiger charge is 2.14. The Morgan fingerprint density at radius 2 is 1.06 bits per heavy atom. The first kappa shape index (κ1) is 33.7. The van der Waals surface area contributed by atoms with Crippen molar-refractivity contribution in [2.24, 2.45) is 0 Å². The van der Waals surface area contributed by atoms with Crippen LogP contribution < -0.4 is 0 Å². The van der Waals surface area contributed by atoms with Gasteiger partial charge >= 0.3 is 11.9 Å². The second-order valence-corrected chi connectivity index (χ2v) is 10.3. The zero-order valence-electron chi connectivity index (χ0n) is 23.4. The van der Waals surface area contributed by atoms with Crippen LogP contribution in [-0.2, 0) is 14.3 Å². The standard InChI is InChI=1S/C31H58O4/c1-3-5-7-9-11-13-14-15-17-19-24-28-31(34)35-29(26-22-20-23-27-30(32)33)25-21-18-16-12-10-8-6-4-2/h9,11,29H,3-8,10,12-28H2,1-2H3,(H,32,33)/b11-9-. The van der Waals surface area contributed by atoms with Crippen molar-refractivity contribution >= 4 is 11.9 Å². The fourth-order valence-corrected chi connectivity index (χ4v) is 4.46. The van der Waals surface area contributed by atoms with Crippen LogP contribution in [0.4, 0.5) is 0 Å². The van der Waals surface area contributed by atoms with Crippen molar-refractivity contribution in [1.82, 2.24) is 0 Å². The molecule has 0 radical (unpaired) electrons. The molecule has 1 atom stereocenters. The molecule has 0 aromatic rings. The van der Waals surface area contributed by atoms with Gasteiger partial charge in [0.05, 0.1) is 0 Å². The molecule has 0 saturated heterocycles. The number of unbranched alkanes of at least 4 members (excludes halogenated alkanes) is 16. The van der Waals surface area contributed by atoms with Gasteiger partial charge in [0.15, 0.2) is 0 Å². The van der Waals surface area contributed by atoms with Crippen LogP contribution in [0.15, 0.2) is 12.2 Å². The van der Waals surface area contributed by atoms with Crippen LogP contribution in [0, 0.1) is 0 Å². The molecular weight excluding hydrogens is 436 g/mol. The highest BCUT2D eigenvalue weighted by Crippen LogP contribution is 2.18. The molecule has 0 saturated carbocycles. The Kier molecular flexibility index (Phi) is 26.2. The Morgan fingerprint density at radius 1 is 0.600 bits per heavy atom. The van der Waals surface area contributed by atoms with Crippen LogP contribution >= 0.6 is 0 Å². The first-order chi connectivity index (χ1) is 17.1. The van der Waals surface area contributed by atoms with Crippen LogP contribution in [0.3, 0.4) is 0 Å². The van der Waals surface area contributed by atoms with E-state index in [9.17, 15) is 9.59 Å². The monoisotopic (exact) mass is 494 g/mol. The molecule has 0 heterocycles. The van der Waals surface area contributed by atoms with E-state index in [1.165, 1.54) is 89.9 Å². The molecule has 0 rings (SSSR count). The van der Waals surface area contributed by atoms with E-state index < -0.39 is 5.97 Å². The summed E-state index contributed by atoms with van der Waals surface area (Å²) in [6.07, 6.45) is 30.7. The van der Waals surface area contributed by atoms with Gasteiger partial charge in [0.25, 0.3) is 0 Å². The fourth-order valence-electron chi connectivity index (χ4n) is 4.46. The van der Waals surface area contributed by atoms with Crippen molar-refractivity contribution in [1.29, 1.82) is 0 Å². The Labute approximate surface area is 217 Å². The number of hydrogen-bond acceptors (Lipinski definition) is 3. The van der Waals surface area contributed by atoms with Gasteiger partial charge in [-0.2, -0.15) is 0 Å². The summed E-state index contributed by atoms with van der Waals surface area (Å²) >= 11 is 0. The number of carbonyl (C=O) groups is 2. The van der Waals surface area contributed by atoms with E-state index in [0.717, 1.165) is 44.9 Å². The van der Waals surface area contributed by atoms with Gasteiger partial charge in [-0.1, -0.05) is 109 Å². The summed E-state index contributed by atoms with van der Waals surface area (Å²) in [6, 6.07) is 0. The number of ether oxygens (including phenoxy) is 1. The lowest BCUT2D eigenvalue weighted by Crippen LogP contribution is -2.18. The molecule has 0 aliphatic carbocycles. The largest absolute Gasteiger partial charge is 0.481 e. The number of rotatable bonds is 27. The van der Waals surface area contributed by atoms with Gasteiger partial charge in [0.1, 0.15) is 6.10 Å². The highest BCUT2D eigenvalue weighted by atomic mass is 16.5. The molecule has 0 spiro atoms. The third-order valence-electron chi connectivity index (χ3n) is 6.74. The van der Waals surface area contributed by atoms with Crippen molar-refractivity contribution in [2.75, 3.05) is 0 Å². The molecule has 1 N–H and O–H groups in total. The molecule has 1 unspecified atom stereocenters. The molecular formula is C31H58O4. The molecule has 0 aromatic heterocycles. The molecule has 0 fully saturated rings. The summed E-state index contributed by atoms with van der Waals surface area (Å²) < 4.78 is 5.87. The van der Waals surface area contributed by atoms with Gasteiger partial charge in [-0.3, -0.25) is 9.59 Å². The highest BCUT2D eigenvalue weighted by molar-refractivity contribution is 5.69. The summed E-state index contributed by atoms with van der Waals surface area (Å²) in [5.74, 6) is -0.769. The Hall–Kier alpha value is -1.32. The maximum atomic E-state index is 12.4. The van der Waals surface area contributed by atoms with E-state index in [2.05, 4.69) is 26.0 Å². The first-order valence-electron chi connectivity index (χ1n) is 15.2. The quantitative estimate of drug-likeness (QED) is 0.0701. The zero-order valence-corrected chi connectivity index (χ0v) is 23.4. The number of carboxylic acid groups (broad SMARTS) is 1. The lowest BCUT2D eigenvalue weighted by atomic mass is 10.0. The Bertz CT molecular complexity index is 500. The Balaban J connectivity index is 4.00. The average Bonchev–Trinajstić information content (AvgIpc) is 2.83. The van der Waals surface area contributed by atoms with Crippen LogP contribution in [0.1, 0.15) is 168 Å². The van der Waals surface area contributed by atoms with Crippen LogP contribution in [-0.4, -0.2) is 23.1 Å². The van der Waals surface area contributed by atoms with Gasteiger partial charge in [-0.15, -0.1) is 0 Å². The van der Waals surface area contributed by atoms with Crippen molar-refractivity contribution in [3.8, 4) is 0 Å². The van der Waals surface area contributed by atoms with Crippen molar-refractivity contribution in [2.45, 2.75) is 174 Å². The average molecular weight is 495 g/mol. The fraction of sp³-hybridized carbons (Fsp3) is 0.871. The van der Waals surface area contributed by atoms with Crippen LogP contribution in [0.25, 0.3) is 0 Å². The van der Waals surface area contributed by atoms with Crippen LogP contribution in [0.5, 0.6) is 0 Å². The summed E-state index contributed by atoms with van der Waals surface area (Å²) in [4.78, 5) is 23.1. The summed E-state index contributed by atoms with van der Waals surface area (Å²) in [7, 11) is 0. The van der Waals surface area contributed by atoms with E-state index in [4.69, 9.17) is 9.84 Å². The van der Waals surface area contributed by atoms with E-state index in [1.807, 2.05) is 0 Å². The molecule has 35 heavy (non-hydrogen) atoms. The minimum absolute atomic E-state index is 0.00640. The lowest BCUT2D eigenvalue weighted by Gasteiger charge is -2.18. The molecule has 0 aliphatic heterocycles. The third kappa shape index (κ3) is 27.1. The van der Waals surface area contributed by atoms with Crippen molar-refractivity contribution in [3.63, 3.8) is 0 Å². The minimum Gasteiger partial charge on any atom is -0.481 e. The predicted octanol–water partition coefficient (Wildman–Crippen LogP) is 9.94. The normalized spacial score (nSPS) is 12.3.